The van der Waals surface area contributed by atoms with Crippen LogP contribution in [0.2, 0.25) is 5.02 Å². The number of halogens is 1. The molecule has 1 amide bonds. The first-order valence-electron chi connectivity index (χ1n) is 8.44. The van der Waals surface area contributed by atoms with Gasteiger partial charge in [0.1, 0.15) is 5.82 Å². The van der Waals surface area contributed by atoms with Crippen LogP contribution < -0.4 is 10.2 Å². The molecule has 8 heteroatoms. The molecule has 134 valence electrons. The standard InChI is InChI=1S/C18H19ClN6O/c1-23-7-9-24(10-8-23)16-11-13(4-5-20-16)22-18(26)14-12-21-25-6-2-3-15(19)17(14)25/h2-6,11-12H,7-10H2,1H3,(H,20,22,26). The number of piperazine rings is 1. The number of carbonyl (C=O) groups is 1. The van der Waals surface area contributed by atoms with Gasteiger partial charge in [0.2, 0.25) is 0 Å². The Bertz CT molecular complexity index is 948. The Balaban J connectivity index is 1.55. The number of likely N-dealkylation sites (N-methyl/N-ethyl adjacent to an activating group) is 1. The molecule has 0 atom stereocenters. The molecule has 4 heterocycles. The van der Waals surface area contributed by atoms with Gasteiger partial charge in [-0.15, -0.1) is 0 Å². The van der Waals surface area contributed by atoms with Crippen molar-refractivity contribution in [3.8, 4) is 0 Å². The van der Waals surface area contributed by atoms with Crippen molar-refractivity contribution in [1.29, 1.82) is 0 Å². The van der Waals surface area contributed by atoms with Crippen LogP contribution in [0.5, 0.6) is 0 Å². The van der Waals surface area contributed by atoms with E-state index in [1.165, 1.54) is 6.20 Å². The van der Waals surface area contributed by atoms with Crippen molar-refractivity contribution in [2.45, 2.75) is 0 Å². The SMILES string of the molecule is CN1CCN(c2cc(NC(=O)c3cnn4cccc(Cl)c34)ccn2)CC1. The van der Waals surface area contributed by atoms with Gasteiger partial charge in [0.15, 0.2) is 0 Å². The van der Waals surface area contributed by atoms with Gasteiger partial charge in [-0.3, -0.25) is 4.79 Å². The third-order valence-electron chi connectivity index (χ3n) is 4.57. The average molecular weight is 371 g/mol. The first-order valence-corrected chi connectivity index (χ1v) is 8.82. The first-order chi connectivity index (χ1) is 12.6. The molecule has 0 radical (unpaired) electrons. The maximum Gasteiger partial charge on any atom is 0.259 e. The van der Waals surface area contributed by atoms with Crippen molar-refractivity contribution in [1.82, 2.24) is 19.5 Å². The number of hydrogen-bond acceptors (Lipinski definition) is 5. The Kier molecular flexibility index (Phi) is 4.48. The summed E-state index contributed by atoms with van der Waals surface area (Å²) in [6.45, 7) is 3.84. The molecule has 1 fully saturated rings. The summed E-state index contributed by atoms with van der Waals surface area (Å²) in [5.41, 5.74) is 1.74. The summed E-state index contributed by atoms with van der Waals surface area (Å²) in [6, 6.07) is 7.21. The van der Waals surface area contributed by atoms with Gasteiger partial charge >= 0.3 is 0 Å². The van der Waals surface area contributed by atoms with Gasteiger partial charge in [-0.1, -0.05) is 11.6 Å². The molecular weight excluding hydrogens is 352 g/mol. The number of nitrogens with one attached hydrogen (secondary N) is 1. The van der Waals surface area contributed by atoms with Crippen molar-refractivity contribution in [3.05, 3.63) is 53.4 Å². The summed E-state index contributed by atoms with van der Waals surface area (Å²) < 4.78 is 1.60. The molecule has 0 aliphatic carbocycles. The molecule has 0 aromatic carbocycles. The number of aromatic nitrogens is 3. The summed E-state index contributed by atoms with van der Waals surface area (Å²) in [4.78, 5) is 21.7. The summed E-state index contributed by atoms with van der Waals surface area (Å²) in [7, 11) is 2.11. The van der Waals surface area contributed by atoms with E-state index in [2.05, 4.69) is 32.2 Å². The van der Waals surface area contributed by atoms with Crippen LogP contribution in [0, 0.1) is 0 Å². The van der Waals surface area contributed by atoms with E-state index in [1.807, 2.05) is 6.07 Å². The van der Waals surface area contributed by atoms with Crippen molar-refractivity contribution in [2.24, 2.45) is 0 Å². The zero-order chi connectivity index (χ0) is 18.1. The molecule has 1 aliphatic rings. The number of hydrogen-bond donors (Lipinski definition) is 1. The molecule has 0 saturated carbocycles. The molecule has 1 aliphatic heterocycles. The Morgan fingerprint density at radius 3 is 2.85 bits per heavy atom. The van der Waals surface area contributed by atoms with Crippen LogP contribution in [0.3, 0.4) is 0 Å². The van der Waals surface area contributed by atoms with E-state index in [0.717, 1.165) is 32.0 Å². The van der Waals surface area contributed by atoms with Gasteiger partial charge in [-0.05, 0) is 25.2 Å². The van der Waals surface area contributed by atoms with Crippen molar-refractivity contribution < 1.29 is 4.79 Å². The average Bonchev–Trinajstić information content (AvgIpc) is 3.08. The van der Waals surface area contributed by atoms with Crippen LogP contribution in [-0.4, -0.2) is 58.6 Å². The number of rotatable bonds is 3. The fourth-order valence-electron chi connectivity index (χ4n) is 3.07. The zero-order valence-electron chi connectivity index (χ0n) is 14.4. The summed E-state index contributed by atoms with van der Waals surface area (Å²) in [6.07, 6.45) is 5.00. The largest absolute Gasteiger partial charge is 0.354 e. The van der Waals surface area contributed by atoms with Gasteiger partial charge in [0.05, 0.1) is 22.3 Å². The topological polar surface area (TPSA) is 65.8 Å². The van der Waals surface area contributed by atoms with E-state index in [0.29, 0.717) is 21.8 Å². The maximum absolute atomic E-state index is 12.7. The highest BCUT2D eigenvalue weighted by molar-refractivity contribution is 6.35. The number of amides is 1. The fraction of sp³-hybridized carbons (Fsp3) is 0.278. The number of nitrogens with zero attached hydrogens (tertiary/aromatic N) is 5. The van der Waals surface area contributed by atoms with Gasteiger partial charge in [0, 0.05) is 50.3 Å². The minimum atomic E-state index is -0.247. The Morgan fingerprint density at radius 1 is 1.23 bits per heavy atom. The number of anilines is 2. The molecule has 7 nitrogen and oxygen atoms in total. The zero-order valence-corrected chi connectivity index (χ0v) is 15.1. The van der Waals surface area contributed by atoms with Crippen LogP contribution in [0.15, 0.2) is 42.9 Å². The van der Waals surface area contributed by atoms with Gasteiger partial charge in [-0.2, -0.15) is 5.10 Å². The molecule has 4 rings (SSSR count). The van der Waals surface area contributed by atoms with E-state index < -0.39 is 0 Å². The van der Waals surface area contributed by atoms with Crippen LogP contribution in [0.1, 0.15) is 10.4 Å². The molecule has 1 saturated heterocycles. The van der Waals surface area contributed by atoms with Crippen molar-refractivity contribution in [3.63, 3.8) is 0 Å². The fourth-order valence-corrected chi connectivity index (χ4v) is 3.33. The first kappa shape index (κ1) is 16.8. The minimum absolute atomic E-state index is 0.247. The van der Waals surface area contributed by atoms with Crippen LogP contribution in [0.4, 0.5) is 11.5 Å². The summed E-state index contributed by atoms with van der Waals surface area (Å²) in [5.74, 6) is 0.623. The second-order valence-electron chi connectivity index (χ2n) is 6.35. The molecule has 3 aromatic rings. The molecule has 3 aromatic heterocycles. The number of fused-ring (bicyclic) bond motifs is 1. The van der Waals surface area contributed by atoms with Gasteiger partial charge < -0.3 is 15.1 Å². The van der Waals surface area contributed by atoms with Crippen LogP contribution in [-0.2, 0) is 0 Å². The molecule has 1 N–H and O–H groups in total. The second-order valence-corrected chi connectivity index (χ2v) is 6.76. The van der Waals surface area contributed by atoms with Crippen molar-refractivity contribution in [2.75, 3.05) is 43.4 Å². The predicted molar refractivity (Wildman–Crippen MR) is 102 cm³/mol. The van der Waals surface area contributed by atoms with Crippen molar-refractivity contribution >= 4 is 34.5 Å². The second kappa shape index (κ2) is 6.93. The third kappa shape index (κ3) is 3.23. The highest BCUT2D eigenvalue weighted by Gasteiger charge is 2.18. The lowest BCUT2D eigenvalue weighted by Crippen LogP contribution is -2.44. The number of pyridine rings is 2. The lowest BCUT2D eigenvalue weighted by atomic mass is 10.2. The Morgan fingerprint density at radius 2 is 2.04 bits per heavy atom. The Labute approximate surface area is 156 Å². The van der Waals surface area contributed by atoms with E-state index in [-0.39, 0.29) is 5.91 Å². The lowest BCUT2D eigenvalue weighted by molar-refractivity contribution is 0.102. The highest BCUT2D eigenvalue weighted by atomic mass is 35.5. The maximum atomic E-state index is 12.7. The predicted octanol–water partition coefficient (Wildman–Crippen LogP) is 2.39. The summed E-state index contributed by atoms with van der Waals surface area (Å²) in [5, 5.41) is 7.60. The van der Waals surface area contributed by atoms with Crippen LogP contribution >= 0.6 is 11.6 Å². The minimum Gasteiger partial charge on any atom is -0.354 e. The molecule has 0 spiro atoms. The summed E-state index contributed by atoms with van der Waals surface area (Å²) >= 11 is 6.23. The van der Waals surface area contributed by atoms with E-state index in [4.69, 9.17) is 11.6 Å². The quantitative estimate of drug-likeness (QED) is 0.766. The highest BCUT2D eigenvalue weighted by Crippen LogP contribution is 2.23. The van der Waals surface area contributed by atoms with Crippen LogP contribution in [0.25, 0.3) is 5.52 Å². The van der Waals surface area contributed by atoms with Gasteiger partial charge in [-0.25, -0.2) is 9.50 Å². The smallest absolute Gasteiger partial charge is 0.259 e. The van der Waals surface area contributed by atoms with E-state index in [1.54, 1.807) is 35.1 Å². The molecular formula is C18H19ClN6O. The monoisotopic (exact) mass is 370 g/mol. The molecule has 0 bridgehead atoms. The molecule has 26 heavy (non-hydrogen) atoms. The normalized spacial score (nSPS) is 15.4. The lowest BCUT2D eigenvalue weighted by Gasteiger charge is -2.33. The van der Waals surface area contributed by atoms with E-state index >= 15 is 0 Å². The Hall–Kier alpha value is -2.64. The van der Waals surface area contributed by atoms with E-state index in [9.17, 15) is 4.79 Å². The van der Waals surface area contributed by atoms with Gasteiger partial charge in [0.25, 0.3) is 5.91 Å². The molecule has 0 unspecified atom stereocenters. The number of carbonyl (C=O) groups excluding carboxylic acids is 1. The third-order valence-corrected chi connectivity index (χ3v) is 4.87.